The third kappa shape index (κ3) is 5.22. The van der Waals surface area contributed by atoms with Crippen molar-refractivity contribution in [2.45, 2.75) is 20.0 Å². The zero-order valence-corrected chi connectivity index (χ0v) is 15.0. The predicted molar refractivity (Wildman–Crippen MR) is 98.2 cm³/mol. The monoisotopic (exact) mass is 362 g/mol. The van der Waals surface area contributed by atoms with Crippen LogP contribution in [0.2, 0.25) is 4.34 Å². The van der Waals surface area contributed by atoms with Crippen molar-refractivity contribution >= 4 is 34.8 Å². The molecule has 0 atom stereocenters. The van der Waals surface area contributed by atoms with Gasteiger partial charge in [-0.3, -0.25) is 9.59 Å². The molecule has 0 aliphatic heterocycles. The third-order valence-corrected chi connectivity index (χ3v) is 4.57. The van der Waals surface area contributed by atoms with Gasteiger partial charge < -0.3 is 10.2 Å². The van der Waals surface area contributed by atoms with Crippen LogP contribution in [0.3, 0.4) is 0 Å². The predicted octanol–water partition coefficient (Wildman–Crippen LogP) is 3.87. The second-order valence-electron chi connectivity index (χ2n) is 5.29. The number of benzene rings is 1. The number of hydrogen-bond acceptors (Lipinski definition) is 3. The van der Waals surface area contributed by atoms with Crippen molar-refractivity contribution < 1.29 is 9.59 Å². The number of hydrogen-bond donors (Lipinski definition) is 1. The van der Waals surface area contributed by atoms with E-state index in [2.05, 4.69) is 11.9 Å². The molecule has 4 nitrogen and oxygen atoms in total. The molecule has 1 heterocycles. The van der Waals surface area contributed by atoms with Gasteiger partial charge in [-0.2, -0.15) is 0 Å². The molecule has 2 amide bonds. The summed E-state index contributed by atoms with van der Waals surface area (Å²) in [6, 6.07) is 11.0. The van der Waals surface area contributed by atoms with Crippen molar-refractivity contribution in [3.8, 4) is 0 Å². The summed E-state index contributed by atoms with van der Waals surface area (Å²) >= 11 is 7.42. The first kappa shape index (κ1) is 18.2. The Morgan fingerprint density at radius 1 is 1.25 bits per heavy atom. The van der Waals surface area contributed by atoms with E-state index >= 15 is 0 Å². The third-order valence-electron chi connectivity index (χ3n) is 3.35. The Morgan fingerprint density at radius 3 is 2.50 bits per heavy atom. The lowest BCUT2D eigenvalue weighted by Crippen LogP contribution is -2.30. The van der Waals surface area contributed by atoms with Crippen molar-refractivity contribution in [1.29, 1.82) is 0 Å². The van der Waals surface area contributed by atoms with E-state index in [0.29, 0.717) is 29.5 Å². The highest BCUT2D eigenvalue weighted by Gasteiger charge is 2.16. The van der Waals surface area contributed by atoms with Crippen molar-refractivity contribution in [3.05, 3.63) is 69.4 Å². The van der Waals surface area contributed by atoms with Gasteiger partial charge in [0.25, 0.3) is 5.91 Å². The molecule has 1 aromatic carbocycles. The number of nitrogens with zero attached hydrogens (tertiary/aromatic N) is 1. The van der Waals surface area contributed by atoms with E-state index in [1.807, 2.05) is 24.3 Å². The Balaban J connectivity index is 2.08. The Kier molecular flexibility index (Phi) is 6.58. The van der Waals surface area contributed by atoms with Crippen LogP contribution in [0.4, 0.5) is 0 Å². The lowest BCUT2D eigenvalue weighted by atomic mass is 10.1. The van der Waals surface area contributed by atoms with Crippen LogP contribution >= 0.6 is 22.9 Å². The van der Waals surface area contributed by atoms with Gasteiger partial charge >= 0.3 is 0 Å². The fourth-order valence-corrected chi connectivity index (χ4v) is 3.28. The lowest BCUT2D eigenvalue weighted by molar-refractivity contribution is -0.119. The molecule has 1 N–H and O–H groups in total. The number of halogens is 1. The molecule has 0 fully saturated rings. The van der Waals surface area contributed by atoms with Crippen LogP contribution in [0, 0.1) is 0 Å². The molecule has 1 aromatic heterocycles. The summed E-state index contributed by atoms with van der Waals surface area (Å²) < 4.78 is 0.707. The summed E-state index contributed by atoms with van der Waals surface area (Å²) in [7, 11) is 0. The number of nitrogens with one attached hydrogen (secondary N) is 1. The highest BCUT2D eigenvalue weighted by Crippen LogP contribution is 2.23. The number of rotatable bonds is 7. The summed E-state index contributed by atoms with van der Waals surface area (Å²) in [5.41, 5.74) is 1.55. The summed E-state index contributed by atoms with van der Waals surface area (Å²) in [6.45, 7) is 6.60. The van der Waals surface area contributed by atoms with Crippen molar-refractivity contribution in [3.63, 3.8) is 0 Å². The van der Waals surface area contributed by atoms with E-state index in [0.717, 1.165) is 10.4 Å². The molecular weight excluding hydrogens is 344 g/mol. The summed E-state index contributed by atoms with van der Waals surface area (Å²) in [5.74, 6) is -0.146. The SMILES string of the molecule is C=CCN(Cc1ccc(Cl)s1)C(=O)c1ccc(CNC(C)=O)cc1. The first-order chi connectivity index (χ1) is 11.5. The largest absolute Gasteiger partial charge is 0.352 e. The van der Waals surface area contributed by atoms with Crippen LogP contribution in [-0.2, 0) is 17.9 Å². The molecule has 0 bridgehead atoms. The minimum absolute atomic E-state index is 0.0644. The minimum Gasteiger partial charge on any atom is -0.352 e. The molecule has 0 spiro atoms. The van der Waals surface area contributed by atoms with Gasteiger partial charge in [0.05, 0.1) is 10.9 Å². The molecule has 2 aromatic rings. The Bertz CT molecular complexity index is 725. The topological polar surface area (TPSA) is 49.4 Å². The molecule has 0 radical (unpaired) electrons. The first-order valence-electron chi connectivity index (χ1n) is 7.47. The van der Waals surface area contributed by atoms with E-state index in [1.165, 1.54) is 18.3 Å². The molecule has 0 aliphatic carbocycles. The Hall–Kier alpha value is -2.11. The molecule has 2 rings (SSSR count). The zero-order chi connectivity index (χ0) is 17.5. The zero-order valence-electron chi connectivity index (χ0n) is 13.4. The van der Waals surface area contributed by atoms with Crippen molar-refractivity contribution in [1.82, 2.24) is 10.2 Å². The van der Waals surface area contributed by atoms with Gasteiger partial charge in [-0.15, -0.1) is 17.9 Å². The van der Waals surface area contributed by atoms with Gasteiger partial charge in [0.2, 0.25) is 5.91 Å². The van der Waals surface area contributed by atoms with Gasteiger partial charge in [0, 0.05) is 30.5 Å². The summed E-state index contributed by atoms with van der Waals surface area (Å²) in [6.07, 6.45) is 1.71. The smallest absolute Gasteiger partial charge is 0.254 e. The average Bonchev–Trinajstić information content (AvgIpc) is 2.97. The highest BCUT2D eigenvalue weighted by atomic mass is 35.5. The standard InChI is InChI=1S/C18H19ClN2O2S/c1-3-10-21(12-16-8-9-17(19)24-16)18(23)15-6-4-14(5-7-15)11-20-13(2)22/h3-9H,1,10-12H2,2H3,(H,20,22). The van der Waals surface area contributed by atoms with Crippen molar-refractivity contribution in [2.75, 3.05) is 6.54 Å². The summed E-state index contributed by atoms with van der Waals surface area (Å²) in [5, 5.41) is 2.73. The van der Waals surface area contributed by atoms with E-state index < -0.39 is 0 Å². The quantitative estimate of drug-likeness (QED) is 0.760. The normalized spacial score (nSPS) is 10.2. The van der Waals surface area contributed by atoms with Crippen LogP contribution < -0.4 is 5.32 Å². The fraction of sp³-hybridized carbons (Fsp3) is 0.222. The van der Waals surface area contributed by atoms with E-state index in [1.54, 1.807) is 23.1 Å². The molecule has 6 heteroatoms. The maximum atomic E-state index is 12.7. The van der Waals surface area contributed by atoms with Crippen molar-refractivity contribution in [2.24, 2.45) is 0 Å². The molecular formula is C18H19ClN2O2S. The highest BCUT2D eigenvalue weighted by molar-refractivity contribution is 7.16. The summed E-state index contributed by atoms with van der Waals surface area (Å²) in [4.78, 5) is 26.4. The van der Waals surface area contributed by atoms with Crippen LogP contribution in [0.15, 0.2) is 49.1 Å². The second kappa shape index (κ2) is 8.66. The first-order valence-corrected chi connectivity index (χ1v) is 8.67. The Morgan fingerprint density at radius 2 is 1.96 bits per heavy atom. The second-order valence-corrected chi connectivity index (χ2v) is 7.09. The molecule has 0 aliphatic rings. The van der Waals surface area contributed by atoms with E-state index in [-0.39, 0.29) is 11.8 Å². The van der Waals surface area contributed by atoms with Gasteiger partial charge in [0.1, 0.15) is 0 Å². The van der Waals surface area contributed by atoms with Crippen LogP contribution in [-0.4, -0.2) is 23.3 Å². The number of carbonyl (C=O) groups excluding carboxylic acids is 2. The maximum Gasteiger partial charge on any atom is 0.254 e. The fourth-order valence-electron chi connectivity index (χ4n) is 2.17. The van der Waals surface area contributed by atoms with Gasteiger partial charge in [-0.1, -0.05) is 29.8 Å². The van der Waals surface area contributed by atoms with E-state index in [9.17, 15) is 9.59 Å². The van der Waals surface area contributed by atoms with Crippen LogP contribution in [0.1, 0.15) is 27.7 Å². The number of amides is 2. The maximum absolute atomic E-state index is 12.7. The van der Waals surface area contributed by atoms with Crippen LogP contribution in [0.25, 0.3) is 0 Å². The van der Waals surface area contributed by atoms with Crippen LogP contribution in [0.5, 0.6) is 0 Å². The molecule has 126 valence electrons. The van der Waals surface area contributed by atoms with E-state index in [4.69, 9.17) is 11.6 Å². The lowest BCUT2D eigenvalue weighted by Gasteiger charge is -2.20. The molecule has 0 unspecified atom stereocenters. The van der Waals surface area contributed by atoms with Gasteiger partial charge in [-0.05, 0) is 29.8 Å². The average molecular weight is 363 g/mol. The minimum atomic E-state index is -0.0816. The molecule has 0 saturated heterocycles. The van der Waals surface area contributed by atoms with Gasteiger partial charge in [0.15, 0.2) is 0 Å². The number of carbonyl (C=O) groups is 2. The molecule has 24 heavy (non-hydrogen) atoms. The molecule has 0 saturated carbocycles. The van der Waals surface area contributed by atoms with Gasteiger partial charge in [-0.25, -0.2) is 0 Å². The Labute approximate surface area is 150 Å². The number of thiophene rings is 1.